The zero-order chi connectivity index (χ0) is 14.6. The number of benzene rings is 1. The maximum Gasteiger partial charge on any atom is 0.244 e. The Morgan fingerprint density at radius 1 is 1.30 bits per heavy atom. The van der Waals surface area contributed by atoms with Crippen molar-refractivity contribution in [2.75, 3.05) is 13.6 Å². The second-order valence-corrected chi connectivity index (χ2v) is 7.37. The first kappa shape index (κ1) is 19.7. The molecule has 0 heterocycles. The summed E-state index contributed by atoms with van der Waals surface area (Å²) in [6.07, 6.45) is 0.623. The highest BCUT2D eigenvalue weighted by molar-refractivity contribution is 7.89. The standard InChI is InChI=1S/C13H21ClN2O2S.ClH/c1-10(2)12(15)8-9-16(3)19(17,18)13-7-5-4-6-11(13)14;/h4-7,10,12H,8-9,15H2,1-3H3;1H. The first-order valence-electron chi connectivity index (χ1n) is 6.23. The molecule has 1 aromatic rings. The minimum Gasteiger partial charge on any atom is -0.327 e. The lowest BCUT2D eigenvalue weighted by atomic mass is 10.0. The van der Waals surface area contributed by atoms with Gasteiger partial charge >= 0.3 is 0 Å². The van der Waals surface area contributed by atoms with Crippen LogP contribution in [-0.2, 0) is 10.0 Å². The molecular formula is C13H22Cl2N2O2S. The molecule has 0 radical (unpaired) electrons. The van der Waals surface area contributed by atoms with Crippen molar-refractivity contribution in [3.05, 3.63) is 29.3 Å². The smallest absolute Gasteiger partial charge is 0.244 e. The molecule has 0 aliphatic heterocycles. The topological polar surface area (TPSA) is 63.4 Å². The van der Waals surface area contributed by atoms with Crippen molar-refractivity contribution in [1.29, 1.82) is 0 Å². The van der Waals surface area contributed by atoms with E-state index in [4.69, 9.17) is 17.3 Å². The summed E-state index contributed by atoms with van der Waals surface area (Å²) in [5.41, 5.74) is 5.93. The van der Waals surface area contributed by atoms with Crippen LogP contribution >= 0.6 is 24.0 Å². The van der Waals surface area contributed by atoms with Gasteiger partial charge < -0.3 is 5.73 Å². The van der Waals surface area contributed by atoms with Crippen molar-refractivity contribution in [3.63, 3.8) is 0 Å². The fraction of sp³-hybridized carbons (Fsp3) is 0.538. The van der Waals surface area contributed by atoms with E-state index in [1.54, 1.807) is 25.2 Å². The molecule has 1 unspecified atom stereocenters. The molecule has 1 aromatic carbocycles. The largest absolute Gasteiger partial charge is 0.327 e. The van der Waals surface area contributed by atoms with Gasteiger partial charge in [-0.05, 0) is 24.5 Å². The molecule has 2 N–H and O–H groups in total. The number of halogens is 2. The molecule has 1 rings (SSSR count). The summed E-state index contributed by atoms with van der Waals surface area (Å²) in [4.78, 5) is 0.136. The van der Waals surface area contributed by atoms with Crippen molar-refractivity contribution < 1.29 is 8.42 Å². The zero-order valence-electron chi connectivity index (χ0n) is 11.9. The van der Waals surface area contributed by atoms with Crippen LogP contribution in [0.5, 0.6) is 0 Å². The van der Waals surface area contributed by atoms with Gasteiger partial charge in [0.1, 0.15) is 4.90 Å². The number of sulfonamides is 1. The number of nitrogens with two attached hydrogens (primary N) is 1. The fourth-order valence-corrected chi connectivity index (χ4v) is 3.28. The lowest BCUT2D eigenvalue weighted by Crippen LogP contribution is -2.34. The first-order chi connectivity index (χ1) is 8.76. The average molecular weight is 341 g/mol. The van der Waals surface area contributed by atoms with Gasteiger partial charge in [0.25, 0.3) is 0 Å². The van der Waals surface area contributed by atoms with E-state index < -0.39 is 10.0 Å². The molecule has 0 saturated carbocycles. The van der Waals surface area contributed by atoms with Crippen molar-refractivity contribution in [3.8, 4) is 0 Å². The third-order valence-electron chi connectivity index (χ3n) is 3.16. The monoisotopic (exact) mass is 340 g/mol. The van der Waals surface area contributed by atoms with Gasteiger partial charge in [0, 0.05) is 19.6 Å². The quantitative estimate of drug-likeness (QED) is 0.865. The van der Waals surface area contributed by atoms with Crippen LogP contribution in [0.2, 0.25) is 5.02 Å². The van der Waals surface area contributed by atoms with E-state index in [0.717, 1.165) is 0 Å². The Morgan fingerprint density at radius 3 is 2.35 bits per heavy atom. The highest BCUT2D eigenvalue weighted by Gasteiger charge is 2.23. The maximum atomic E-state index is 12.3. The molecule has 7 heteroatoms. The van der Waals surface area contributed by atoms with Gasteiger partial charge in [0.05, 0.1) is 5.02 Å². The van der Waals surface area contributed by atoms with Crippen LogP contribution < -0.4 is 5.73 Å². The van der Waals surface area contributed by atoms with E-state index in [2.05, 4.69) is 0 Å². The second-order valence-electron chi connectivity index (χ2n) is 4.95. The number of nitrogens with zero attached hydrogens (tertiary/aromatic N) is 1. The Bertz CT molecular complexity index is 521. The molecule has 1 atom stereocenters. The zero-order valence-corrected chi connectivity index (χ0v) is 14.3. The molecule has 0 aromatic heterocycles. The van der Waals surface area contributed by atoms with Crippen LogP contribution in [0.4, 0.5) is 0 Å². The van der Waals surface area contributed by atoms with Crippen molar-refractivity contribution in [1.82, 2.24) is 4.31 Å². The summed E-state index contributed by atoms with van der Waals surface area (Å²) in [6, 6.07) is 6.44. The fourth-order valence-electron chi connectivity index (χ4n) is 1.61. The Morgan fingerprint density at radius 2 is 1.85 bits per heavy atom. The van der Waals surface area contributed by atoms with Gasteiger partial charge in [0.15, 0.2) is 0 Å². The average Bonchev–Trinajstić information content (AvgIpc) is 2.35. The number of hydrogen-bond donors (Lipinski definition) is 1. The van der Waals surface area contributed by atoms with Gasteiger partial charge in [0.2, 0.25) is 10.0 Å². The lowest BCUT2D eigenvalue weighted by Gasteiger charge is -2.21. The molecule has 20 heavy (non-hydrogen) atoms. The minimum atomic E-state index is -3.55. The SMILES string of the molecule is CC(C)C(N)CCN(C)S(=O)(=O)c1ccccc1Cl.Cl. The van der Waals surface area contributed by atoms with Gasteiger partial charge in [-0.15, -0.1) is 12.4 Å². The van der Waals surface area contributed by atoms with E-state index >= 15 is 0 Å². The maximum absolute atomic E-state index is 12.3. The third kappa shape index (κ3) is 4.90. The Kier molecular flexibility index (Phi) is 8.06. The van der Waals surface area contributed by atoms with Crippen LogP contribution in [0.15, 0.2) is 29.2 Å². The summed E-state index contributed by atoms with van der Waals surface area (Å²) < 4.78 is 26.0. The number of hydrogen-bond acceptors (Lipinski definition) is 3. The predicted octanol–water partition coefficient (Wildman–Crippen LogP) is 2.76. The predicted molar refractivity (Wildman–Crippen MR) is 85.9 cm³/mol. The summed E-state index contributed by atoms with van der Waals surface area (Å²) in [7, 11) is -2.00. The van der Waals surface area contributed by atoms with Crippen LogP contribution in [0.25, 0.3) is 0 Å². The highest BCUT2D eigenvalue weighted by Crippen LogP contribution is 2.23. The molecule has 0 saturated heterocycles. The van der Waals surface area contributed by atoms with Crippen LogP contribution in [0.3, 0.4) is 0 Å². The van der Waals surface area contributed by atoms with Gasteiger partial charge in [-0.1, -0.05) is 37.6 Å². The van der Waals surface area contributed by atoms with Crippen LogP contribution in [-0.4, -0.2) is 32.4 Å². The summed E-state index contributed by atoms with van der Waals surface area (Å²) in [5, 5.41) is 0.238. The van der Waals surface area contributed by atoms with Gasteiger partial charge in [-0.2, -0.15) is 0 Å². The van der Waals surface area contributed by atoms with E-state index in [1.807, 2.05) is 13.8 Å². The summed E-state index contributed by atoms with van der Waals surface area (Å²) in [5.74, 6) is 0.330. The lowest BCUT2D eigenvalue weighted by molar-refractivity contribution is 0.397. The summed E-state index contributed by atoms with van der Waals surface area (Å²) in [6.45, 7) is 4.42. The van der Waals surface area contributed by atoms with Crippen molar-refractivity contribution >= 4 is 34.0 Å². The normalized spacial score (nSPS) is 13.3. The number of rotatable bonds is 6. The second kappa shape index (κ2) is 8.20. The Balaban J connectivity index is 0.00000361. The van der Waals surface area contributed by atoms with Crippen molar-refractivity contribution in [2.24, 2.45) is 11.7 Å². The van der Waals surface area contributed by atoms with E-state index in [1.165, 1.54) is 10.4 Å². The van der Waals surface area contributed by atoms with Crippen molar-refractivity contribution in [2.45, 2.75) is 31.2 Å². The first-order valence-corrected chi connectivity index (χ1v) is 8.05. The Hall–Kier alpha value is -0.330. The molecule has 4 nitrogen and oxygen atoms in total. The molecule has 0 aliphatic carbocycles. The molecule has 116 valence electrons. The van der Waals surface area contributed by atoms with E-state index in [0.29, 0.717) is 18.9 Å². The highest BCUT2D eigenvalue weighted by atomic mass is 35.5. The molecule has 0 aliphatic rings. The minimum absolute atomic E-state index is 0. The molecule has 0 amide bonds. The van der Waals surface area contributed by atoms with Gasteiger partial charge in [-0.25, -0.2) is 12.7 Å². The summed E-state index contributed by atoms with van der Waals surface area (Å²) >= 11 is 5.94. The van der Waals surface area contributed by atoms with E-state index in [9.17, 15) is 8.42 Å². The molecule has 0 bridgehead atoms. The van der Waals surface area contributed by atoms with Crippen LogP contribution in [0.1, 0.15) is 20.3 Å². The molecule has 0 spiro atoms. The molecular weight excluding hydrogens is 319 g/mol. The van der Waals surface area contributed by atoms with Gasteiger partial charge in [-0.3, -0.25) is 0 Å². The Labute approximate surface area is 132 Å². The third-order valence-corrected chi connectivity index (χ3v) is 5.52. The van der Waals surface area contributed by atoms with Crippen LogP contribution in [0, 0.1) is 5.92 Å². The van der Waals surface area contributed by atoms with E-state index in [-0.39, 0.29) is 28.4 Å². The molecule has 0 fully saturated rings.